The summed E-state index contributed by atoms with van der Waals surface area (Å²) in [5.41, 5.74) is -0.205. The fourth-order valence-electron chi connectivity index (χ4n) is 2.26. The van der Waals surface area contributed by atoms with E-state index in [9.17, 15) is 27.5 Å². The van der Waals surface area contributed by atoms with Crippen LogP contribution in [-0.2, 0) is 25.4 Å². The third kappa shape index (κ3) is 5.02. The number of benzene rings is 1. The van der Waals surface area contributed by atoms with E-state index in [0.29, 0.717) is 16.2 Å². The first-order valence-electron chi connectivity index (χ1n) is 6.92. The molecule has 1 N–H and O–H groups in total. The zero-order chi connectivity index (χ0) is 17.9. The summed E-state index contributed by atoms with van der Waals surface area (Å²) in [4.78, 5) is 23.1. The average Bonchev–Trinajstić information content (AvgIpc) is 2.83. The first kappa shape index (κ1) is 18.9. The molecule has 0 aliphatic carbocycles. The van der Waals surface area contributed by atoms with Crippen LogP contribution in [0.1, 0.15) is 6.42 Å². The molecule has 0 saturated carbocycles. The topological polar surface area (TPSA) is 123 Å². The van der Waals surface area contributed by atoms with E-state index in [4.69, 9.17) is 0 Å². The molecule has 1 aliphatic heterocycles. The molecule has 0 bridgehead atoms. The second kappa shape index (κ2) is 7.62. The van der Waals surface area contributed by atoms with Crippen LogP contribution in [0.5, 0.6) is 0 Å². The van der Waals surface area contributed by atoms with Crippen molar-refractivity contribution in [3.05, 3.63) is 28.3 Å². The average molecular weight is 392 g/mol. The highest BCUT2D eigenvalue weighted by Gasteiger charge is 2.29. The van der Waals surface area contributed by atoms with E-state index in [1.807, 2.05) is 0 Å². The lowest BCUT2D eigenvalue weighted by Crippen LogP contribution is -2.36. The highest BCUT2D eigenvalue weighted by molar-refractivity contribution is 8.00. The molecule has 0 spiro atoms. The van der Waals surface area contributed by atoms with Gasteiger partial charge in [-0.05, 0) is 18.6 Å². The summed E-state index contributed by atoms with van der Waals surface area (Å²) in [6, 6.07) is 3.82. The summed E-state index contributed by atoms with van der Waals surface area (Å²) >= 11 is 0.985. The van der Waals surface area contributed by atoms with Crippen LogP contribution in [0.15, 0.2) is 28.0 Å². The van der Waals surface area contributed by atoms with E-state index in [0.717, 1.165) is 11.8 Å². The number of rotatable bonds is 6. The molecule has 1 aliphatic rings. The van der Waals surface area contributed by atoms with Gasteiger partial charge in [0.2, 0.25) is 5.91 Å². The van der Waals surface area contributed by atoms with Crippen molar-refractivity contribution in [2.75, 3.05) is 23.5 Å². The quantitative estimate of drug-likeness (QED) is 0.430. The first-order chi connectivity index (χ1) is 11.2. The second-order valence-corrected chi connectivity index (χ2v) is 9.92. The largest absolute Gasteiger partial charge is 0.352 e. The van der Waals surface area contributed by atoms with Gasteiger partial charge in [0.1, 0.15) is 0 Å². The molecule has 11 heteroatoms. The fraction of sp³-hybridized carbons (Fsp3) is 0.462. The number of nitrogens with zero attached hydrogens (tertiary/aromatic N) is 1. The normalized spacial score (nSPS) is 20.5. The summed E-state index contributed by atoms with van der Waals surface area (Å²) in [6.45, 7) is 0. The van der Waals surface area contributed by atoms with Gasteiger partial charge in [0.15, 0.2) is 9.84 Å². The van der Waals surface area contributed by atoms with Crippen molar-refractivity contribution in [1.29, 1.82) is 0 Å². The van der Waals surface area contributed by atoms with Gasteiger partial charge in [0.05, 0.1) is 37.9 Å². The maximum Gasteiger partial charge on any atom is 0.284 e. The number of amides is 1. The van der Waals surface area contributed by atoms with Crippen LogP contribution in [0.25, 0.3) is 0 Å². The number of sulfone groups is 1. The zero-order valence-electron chi connectivity index (χ0n) is 12.8. The number of nitro benzene ring substituents is 1. The van der Waals surface area contributed by atoms with Gasteiger partial charge in [-0.1, -0.05) is 0 Å². The molecule has 132 valence electrons. The number of nitro groups is 1. The third-order valence-corrected chi connectivity index (χ3v) is 7.16. The molecular formula is C13H16N2O6S3. The Morgan fingerprint density at radius 2 is 2.21 bits per heavy atom. The Hall–Kier alpha value is -1.46. The number of hydrogen-bond acceptors (Lipinski definition) is 7. The molecule has 8 nitrogen and oxygen atoms in total. The summed E-state index contributed by atoms with van der Waals surface area (Å²) in [5, 5.41) is 13.7. The number of carbonyl (C=O) groups excluding carboxylic acids is 1. The van der Waals surface area contributed by atoms with E-state index < -0.39 is 31.6 Å². The van der Waals surface area contributed by atoms with Gasteiger partial charge in [-0.25, -0.2) is 8.42 Å². The third-order valence-electron chi connectivity index (χ3n) is 3.42. The maximum atomic E-state index is 11.9. The number of nitrogens with one attached hydrogen (secondary N) is 1. The van der Waals surface area contributed by atoms with E-state index >= 15 is 0 Å². The van der Waals surface area contributed by atoms with Gasteiger partial charge < -0.3 is 5.32 Å². The van der Waals surface area contributed by atoms with Crippen molar-refractivity contribution in [2.45, 2.75) is 22.3 Å². The molecular weight excluding hydrogens is 376 g/mol. The van der Waals surface area contributed by atoms with Crippen LogP contribution in [0.2, 0.25) is 0 Å². The minimum absolute atomic E-state index is 0.0617. The highest BCUT2D eigenvalue weighted by atomic mass is 32.2. The maximum absolute atomic E-state index is 11.9. The molecule has 2 atom stereocenters. The fourth-order valence-corrected chi connectivity index (χ4v) is 5.29. The van der Waals surface area contributed by atoms with Gasteiger partial charge in [-0.2, -0.15) is 0 Å². The number of carbonyl (C=O) groups is 1. The number of hydrogen-bond donors (Lipinski definition) is 1. The van der Waals surface area contributed by atoms with Crippen LogP contribution < -0.4 is 5.32 Å². The Balaban J connectivity index is 1.99. The molecule has 24 heavy (non-hydrogen) atoms. The van der Waals surface area contributed by atoms with Gasteiger partial charge in [0.25, 0.3) is 5.69 Å². The van der Waals surface area contributed by atoms with Crippen molar-refractivity contribution >= 4 is 44.0 Å². The van der Waals surface area contributed by atoms with Crippen molar-refractivity contribution in [3.63, 3.8) is 0 Å². The lowest BCUT2D eigenvalue weighted by atomic mass is 10.3. The van der Waals surface area contributed by atoms with Crippen LogP contribution >= 0.6 is 11.8 Å². The Morgan fingerprint density at radius 3 is 2.75 bits per heavy atom. The summed E-state index contributed by atoms with van der Waals surface area (Å²) in [7, 11) is -4.42. The van der Waals surface area contributed by atoms with Gasteiger partial charge in [-0.3, -0.25) is 19.1 Å². The first-order valence-corrected chi connectivity index (χ1v) is 11.3. The molecule has 0 aromatic heterocycles. The van der Waals surface area contributed by atoms with Crippen LogP contribution in [-0.4, -0.2) is 53.0 Å². The Morgan fingerprint density at radius 1 is 1.50 bits per heavy atom. The lowest BCUT2D eigenvalue weighted by Gasteiger charge is -2.10. The summed E-state index contributed by atoms with van der Waals surface area (Å²) < 4.78 is 34.1. The van der Waals surface area contributed by atoms with Crippen molar-refractivity contribution in [3.8, 4) is 0 Å². The molecule has 1 saturated heterocycles. The van der Waals surface area contributed by atoms with E-state index in [2.05, 4.69) is 5.32 Å². The van der Waals surface area contributed by atoms with Crippen LogP contribution in [0.3, 0.4) is 0 Å². The Labute approximate surface area is 145 Å². The van der Waals surface area contributed by atoms with E-state index in [1.54, 1.807) is 0 Å². The molecule has 1 aromatic rings. The Kier molecular flexibility index (Phi) is 5.99. The summed E-state index contributed by atoms with van der Waals surface area (Å²) in [6.07, 6.45) is 1.81. The molecule has 1 amide bonds. The second-order valence-electron chi connectivity index (χ2n) is 5.30. The highest BCUT2D eigenvalue weighted by Crippen LogP contribution is 2.30. The monoisotopic (exact) mass is 392 g/mol. The van der Waals surface area contributed by atoms with E-state index in [1.165, 1.54) is 24.5 Å². The zero-order valence-corrected chi connectivity index (χ0v) is 15.2. The van der Waals surface area contributed by atoms with Gasteiger partial charge in [0, 0.05) is 23.3 Å². The minimum Gasteiger partial charge on any atom is -0.352 e. The van der Waals surface area contributed by atoms with E-state index in [-0.39, 0.29) is 28.9 Å². The predicted octanol–water partition coefficient (Wildman–Crippen LogP) is 0.728. The molecule has 1 heterocycles. The van der Waals surface area contributed by atoms with Crippen LogP contribution in [0, 0.1) is 10.1 Å². The van der Waals surface area contributed by atoms with Gasteiger partial charge in [-0.15, -0.1) is 11.8 Å². The molecule has 1 aromatic carbocycles. The van der Waals surface area contributed by atoms with Crippen LogP contribution in [0.4, 0.5) is 5.69 Å². The van der Waals surface area contributed by atoms with Crippen molar-refractivity contribution < 1.29 is 22.3 Å². The standard InChI is InChI=1S/C13H16N2O6S3/c1-23(19)10-2-3-12(11(6-10)15(17)18)22-7-13(16)14-9-4-5-24(20,21)8-9/h2-3,6,9H,4-5,7-8H2,1H3,(H,14,16)/t9-,23-/m0/s1. The van der Waals surface area contributed by atoms with Gasteiger partial charge >= 0.3 is 0 Å². The number of thioether (sulfide) groups is 1. The van der Waals surface area contributed by atoms with Crippen molar-refractivity contribution in [1.82, 2.24) is 5.32 Å². The molecule has 2 rings (SSSR count). The van der Waals surface area contributed by atoms with Crippen molar-refractivity contribution in [2.24, 2.45) is 0 Å². The lowest BCUT2D eigenvalue weighted by molar-refractivity contribution is -0.387. The SMILES string of the molecule is C[S@](=O)c1ccc(SCC(=O)N[C@H]2CCS(=O)(=O)C2)c([N+](=O)[O-])c1. The minimum atomic E-state index is -3.08. The molecule has 0 radical (unpaired) electrons. The molecule has 1 fully saturated rings. The smallest absolute Gasteiger partial charge is 0.284 e. The molecule has 0 unspecified atom stereocenters. The Bertz CT molecular complexity index is 793. The summed E-state index contributed by atoms with van der Waals surface area (Å²) in [5.74, 6) is -0.446. The predicted molar refractivity (Wildman–Crippen MR) is 91.4 cm³/mol.